The van der Waals surface area contributed by atoms with Crippen molar-refractivity contribution in [3.8, 4) is 0 Å². The van der Waals surface area contributed by atoms with Gasteiger partial charge in [0.2, 0.25) is 0 Å². The van der Waals surface area contributed by atoms with E-state index < -0.39 is 0 Å². The van der Waals surface area contributed by atoms with Crippen molar-refractivity contribution in [2.75, 3.05) is 13.2 Å². The minimum atomic E-state index is -0.329. The number of hydrogen-bond acceptors (Lipinski definition) is 6. The molecule has 2 aromatic rings. The van der Waals surface area contributed by atoms with Gasteiger partial charge in [0, 0.05) is 8.95 Å². The van der Waals surface area contributed by atoms with E-state index in [1.807, 2.05) is 62.4 Å². The van der Waals surface area contributed by atoms with Gasteiger partial charge in [0.15, 0.2) is 0 Å². The summed E-state index contributed by atoms with van der Waals surface area (Å²) in [5.41, 5.74) is 12.6. The fourth-order valence-electron chi connectivity index (χ4n) is 2.96. The molecule has 2 heterocycles. The van der Waals surface area contributed by atoms with Crippen LogP contribution in [0.25, 0.3) is 0 Å². The molecule has 2 aromatic carbocycles. The van der Waals surface area contributed by atoms with Gasteiger partial charge in [-0.25, -0.2) is 9.98 Å². The van der Waals surface area contributed by atoms with Crippen molar-refractivity contribution in [3.05, 3.63) is 68.6 Å². The van der Waals surface area contributed by atoms with Crippen LogP contribution in [0.3, 0.4) is 0 Å². The molecule has 0 saturated carbocycles. The summed E-state index contributed by atoms with van der Waals surface area (Å²) in [6.45, 7) is 5.05. The molecular weight excluding hydrogens is 488 g/mol. The Kier molecular flexibility index (Phi) is 6.00. The maximum absolute atomic E-state index is 5.50. The third kappa shape index (κ3) is 4.67. The lowest BCUT2D eigenvalue weighted by Gasteiger charge is -2.18. The number of aliphatic imine (C=N–C) groups is 2. The van der Waals surface area contributed by atoms with Crippen LogP contribution in [0.5, 0.6) is 0 Å². The predicted octanol–water partition coefficient (Wildman–Crippen LogP) is 4.02. The van der Waals surface area contributed by atoms with Gasteiger partial charge in [-0.1, -0.05) is 56.1 Å². The maximum Gasteiger partial charge on any atom is 0.283 e. The average molecular weight is 510 g/mol. The van der Waals surface area contributed by atoms with Crippen LogP contribution in [-0.4, -0.2) is 25.3 Å². The number of benzene rings is 2. The Morgan fingerprint density at radius 2 is 1.04 bits per heavy atom. The molecule has 6 nitrogen and oxygen atoms in total. The average Bonchev–Trinajstić information content (AvgIpc) is 3.19. The third-order valence-electron chi connectivity index (χ3n) is 4.65. The molecule has 0 bridgehead atoms. The molecule has 4 rings (SSSR count). The highest BCUT2D eigenvalue weighted by atomic mass is 79.9. The molecule has 1 unspecified atom stereocenters. The highest BCUT2D eigenvalue weighted by Crippen LogP contribution is 2.31. The Balaban J connectivity index is 0.000000161. The van der Waals surface area contributed by atoms with E-state index in [-0.39, 0.29) is 23.1 Å². The highest BCUT2D eigenvalue weighted by Gasteiger charge is 2.33. The Labute approximate surface area is 181 Å². The molecule has 28 heavy (non-hydrogen) atoms. The standard InChI is InChI=1S/2C10H11BrN2O/c2*1-10(6-14-9(12)13-10)7-2-4-8(11)5-3-7/h2*2-5H,6H2,1H3,(H2,12,13)/t10-;/m0./s1. The van der Waals surface area contributed by atoms with Crippen LogP contribution in [0.1, 0.15) is 25.0 Å². The van der Waals surface area contributed by atoms with E-state index in [1.54, 1.807) is 0 Å². The molecule has 8 heteroatoms. The minimum Gasteiger partial charge on any atom is -0.462 e. The summed E-state index contributed by atoms with van der Waals surface area (Å²) >= 11 is 6.78. The SMILES string of the molecule is CC1(c2ccc(Br)cc2)COC(N)=N1.C[C@@]1(c2ccc(Br)cc2)COC(N)=N1. The van der Waals surface area contributed by atoms with Gasteiger partial charge in [-0.3, -0.25) is 0 Å². The maximum atomic E-state index is 5.50. The fourth-order valence-corrected chi connectivity index (χ4v) is 3.49. The van der Waals surface area contributed by atoms with Gasteiger partial charge < -0.3 is 20.9 Å². The lowest BCUT2D eigenvalue weighted by Crippen LogP contribution is -2.20. The summed E-state index contributed by atoms with van der Waals surface area (Å²) in [6, 6.07) is 16.6. The van der Waals surface area contributed by atoms with E-state index in [0.717, 1.165) is 20.1 Å². The predicted molar refractivity (Wildman–Crippen MR) is 118 cm³/mol. The topological polar surface area (TPSA) is 95.2 Å². The van der Waals surface area contributed by atoms with E-state index >= 15 is 0 Å². The fraction of sp³-hybridized carbons (Fsp3) is 0.300. The summed E-state index contributed by atoms with van der Waals surface area (Å²) in [4.78, 5) is 8.55. The molecule has 4 N–H and O–H groups in total. The van der Waals surface area contributed by atoms with E-state index in [2.05, 4.69) is 41.8 Å². The largest absolute Gasteiger partial charge is 0.462 e. The number of rotatable bonds is 2. The number of nitrogens with two attached hydrogens (primary N) is 2. The normalized spacial score (nSPS) is 25.7. The number of amidine groups is 2. The smallest absolute Gasteiger partial charge is 0.283 e. The van der Waals surface area contributed by atoms with Crippen molar-refractivity contribution in [2.45, 2.75) is 24.9 Å². The van der Waals surface area contributed by atoms with Crippen molar-refractivity contribution in [1.82, 2.24) is 0 Å². The first-order chi connectivity index (χ1) is 13.2. The lowest BCUT2D eigenvalue weighted by molar-refractivity contribution is 0.266. The van der Waals surface area contributed by atoms with Gasteiger partial charge in [-0.05, 0) is 49.2 Å². The van der Waals surface area contributed by atoms with Crippen LogP contribution >= 0.6 is 31.9 Å². The van der Waals surface area contributed by atoms with Crippen LogP contribution in [-0.2, 0) is 20.6 Å². The second-order valence-electron chi connectivity index (χ2n) is 7.04. The van der Waals surface area contributed by atoms with Crippen molar-refractivity contribution in [2.24, 2.45) is 21.5 Å². The van der Waals surface area contributed by atoms with Crippen LogP contribution in [0.15, 0.2) is 67.5 Å². The van der Waals surface area contributed by atoms with Gasteiger partial charge in [0.05, 0.1) is 0 Å². The van der Waals surface area contributed by atoms with Crippen LogP contribution in [0.2, 0.25) is 0 Å². The first-order valence-corrected chi connectivity index (χ1v) is 10.3. The van der Waals surface area contributed by atoms with Gasteiger partial charge in [0.1, 0.15) is 24.3 Å². The van der Waals surface area contributed by atoms with Crippen molar-refractivity contribution in [1.29, 1.82) is 0 Å². The molecule has 2 aliphatic heterocycles. The Morgan fingerprint density at radius 1 is 0.714 bits per heavy atom. The molecule has 0 radical (unpaired) electrons. The minimum absolute atomic E-state index is 0.274. The molecule has 2 atom stereocenters. The van der Waals surface area contributed by atoms with Gasteiger partial charge >= 0.3 is 0 Å². The molecular formula is C20H22Br2N4O2. The summed E-state index contributed by atoms with van der Waals surface area (Å²) in [5.74, 6) is 0. The molecule has 0 fully saturated rings. The van der Waals surface area contributed by atoms with Crippen molar-refractivity contribution in [3.63, 3.8) is 0 Å². The van der Waals surface area contributed by atoms with Gasteiger partial charge in [-0.15, -0.1) is 0 Å². The lowest BCUT2D eigenvalue weighted by atomic mass is 9.94. The van der Waals surface area contributed by atoms with Gasteiger partial charge in [0.25, 0.3) is 12.0 Å². The highest BCUT2D eigenvalue weighted by molar-refractivity contribution is 9.10. The summed E-state index contributed by atoms with van der Waals surface area (Å²) in [7, 11) is 0. The first kappa shape index (κ1) is 20.7. The zero-order chi connectivity index (χ0) is 20.4. The van der Waals surface area contributed by atoms with Crippen LogP contribution in [0, 0.1) is 0 Å². The van der Waals surface area contributed by atoms with Crippen molar-refractivity contribution >= 4 is 43.9 Å². The number of hydrogen-bond donors (Lipinski definition) is 2. The van der Waals surface area contributed by atoms with Gasteiger partial charge in [-0.2, -0.15) is 0 Å². The second kappa shape index (κ2) is 8.13. The molecule has 148 valence electrons. The number of ether oxygens (including phenoxy) is 2. The number of halogens is 2. The molecule has 2 aliphatic rings. The van der Waals surface area contributed by atoms with E-state index in [9.17, 15) is 0 Å². The summed E-state index contributed by atoms with van der Waals surface area (Å²) in [5, 5.41) is 0. The summed E-state index contributed by atoms with van der Waals surface area (Å²) in [6.07, 6.45) is 0. The zero-order valence-corrected chi connectivity index (χ0v) is 18.8. The quantitative estimate of drug-likeness (QED) is 0.639. The Morgan fingerprint density at radius 3 is 1.29 bits per heavy atom. The van der Waals surface area contributed by atoms with Crippen LogP contribution < -0.4 is 11.5 Å². The monoisotopic (exact) mass is 508 g/mol. The molecule has 0 aliphatic carbocycles. The van der Waals surface area contributed by atoms with Crippen LogP contribution in [0.4, 0.5) is 0 Å². The molecule has 0 saturated heterocycles. The molecule has 0 amide bonds. The summed E-state index contributed by atoms with van der Waals surface area (Å²) < 4.78 is 12.5. The number of nitrogens with zero attached hydrogens (tertiary/aromatic N) is 2. The zero-order valence-electron chi connectivity index (χ0n) is 15.7. The first-order valence-electron chi connectivity index (χ1n) is 8.69. The van der Waals surface area contributed by atoms with E-state index in [0.29, 0.717) is 13.2 Å². The van der Waals surface area contributed by atoms with Crippen molar-refractivity contribution < 1.29 is 9.47 Å². The van der Waals surface area contributed by atoms with E-state index in [4.69, 9.17) is 20.9 Å². The Bertz CT molecular complexity index is 824. The third-order valence-corrected chi connectivity index (χ3v) is 5.71. The molecule has 0 aromatic heterocycles. The second-order valence-corrected chi connectivity index (χ2v) is 8.87. The Hall–Kier alpha value is -2.06. The van der Waals surface area contributed by atoms with E-state index in [1.165, 1.54) is 0 Å². The molecule has 0 spiro atoms.